The maximum Gasteiger partial charge on any atom is 0.230 e. The van der Waals surface area contributed by atoms with E-state index in [2.05, 4.69) is 31.6 Å². The van der Waals surface area contributed by atoms with Gasteiger partial charge in [0.1, 0.15) is 0 Å². The zero-order valence-corrected chi connectivity index (χ0v) is 14.4. The van der Waals surface area contributed by atoms with Gasteiger partial charge in [-0.25, -0.2) is 9.67 Å². The van der Waals surface area contributed by atoms with Crippen LogP contribution in [-0.4, -0.2) is 29.5 Å². The Balaban J connectivity index is 1.67. The van der Waals surface area contributed by atoms with Crippen LogP contribution in [0.15, 0.2) is 42.7 Å². The third-order valence-electron chi connectivity index (χ3n) is 4.19. The SMILES string of the molecule is Cc1cc(Nc2ncc3cnn(Cc4ccccc4C#N)c3n2)nn1C. The van der Waals surface area contributed by atoms with Gasteiger partial charge in [-0.2, -0.15) is 20.4 Å². The third-order valence-corrected chi connectivity index (χ3v) is 4.19. The third kappa shape index (κ3) is 2.86. The van der Waals surface area contributed by atoms with Crippen LogP contribution in [0.2, 0.25) is 0 Å². The first-order valence-corrected chi connectivity index (χ1v) is 8.08. The average Bonchev–Trinajstić information content (AvgIpc) is 3.18. The standard InChI is InChI=1S/C18H16N8/c1-12-7-16(24-25(12)2)22-18-20-9-15-10-21-26(17(15)23-18)11-14-6-4-3-5-13(14)8-19/h3-7,9-10H,11H2,1-2H3,(H,20,22,23,24). The number of rotatable bonds is 4. The molecule has 0 aliphatic rings. The zero-order valence-electron chi connectivity index (χ0n) is 14.4. The van der Waals surface area contributed by atoms with Gasteiger partial charge in [0.25, 0.3) is 0 Å². The second-order valence-corrected chi connectivity index (χ2v) is 5.96. The van der Waals surface area contributed by atoms with Gasteiger partial charge >= 0.3 is 0 Å². The molecule has 0 bridgehead atoms. The van der Waals surface area contributed by atoms with Crippen molar-refractivity contribution in [1.29, 1.82) is 5.26 Å². The van der Waals surface area contributed by atoms with Crippen LogP contribution in [0.3, 0.4) is 0 Å². The van der Waals surface area contributed by atoms with E-state index >= 15 is 0 Å². The van der Waals surface area contributed by atoms with Crippen LogP contribution in [0, 0.1) is 18.3 Å². The lowest BCUT2D eigenvalue weighted by Gasteiger charge is -2.06. The summed E-state index contributed by atoms with van der Waals surface area (Å²) in [6.07, 6.45) is 3.44. The fourth-order valence-corrected chi connectivity index (χ4v) is 2.71. The Hall–Kier alpha value is -3.73. The zero-order chi connectivity index (χ0) is 18.1. The summed E-state index contributed by atoms with van der Waals surface area (Å²) in [6.45, 7) is 2.44. The number of fused-ring (bicyclic) bond motifs is 1. The minimum Gasteiger partial charge on any atom is -0.307 e. The van der Waals surface area contributed by atoms with Crippen LogP contribution >= 0.6 is 0 Å². The number of anilines is 2. The minimum atomic E-state index is 0.450. The molecule has 128 valence electrons. The molecule has 26 heavy (non-hydrogen) atoms. The van der Waals surface area contributed by atoms with Gasteiger partial charge in [-0.3, -0.25) is 4.68 Å². The van der Waals surface area contributed by atoms with Crippen molar-refractivity contribution >= 4 is 22.8 Å². The van der Waals surface area contributed by atoms with Crippen molar-refractivity contribution in [1.82, 2.24) is 29.5 Å². The van der Waals surface area contributed by atoms with Crippen molar-refractivity contribution in [3.8, 4) is 6.07 Å². The van der Waals surface area contributed by atoms with Crippen LogP contribution in [-0.2, 0) is 13.6 Å². The average molecular weight is 344 g/mol. The lowest BCUT2D eigenvalue weighted by atomic mass is 10.1. The molecule has 1 aromatic carbocycles. The molecule has 3 heterocycles. The van der Waals surface area contributed by atoms with E-state index in [1.165, 1.54) is 0 Å². The fourth-order valence-electron chi connectivity index (χ4n) is 2.71. The topological polar surface area (TPSA) is 97.2 Å². The molecule has 8 nitrogen and oxygen atoms in total. The summed E-state index contributed by atoms with van der Waals surface area (Å²) >= 11 is 0. The maximum atomic E-state index is 9.27. The number of nitriles is 1. The molecule has 1 N–H and O–H groups in total. The summed E-state index contributed by atoms with van der Waals surface area (Å²) in [4.78, 5) is 8.89. The molecule has 0 radical (unpaired) electrons. The maximum absolute atomic E-state index is 9.27. The highest BCUT2D eigenvalue weighted by Gasteiger charge is 2.10. The molecule has 8 heteroatoms. The Morgan fingerprint density at radius 2 is 2.08 bits per heavy atom. The van der Waals surface area contributed by atoms with Gasteiger partial charge in [-0.1, -0.05) is 18.2 Å². The molecule has 0 atom stereocenters. The first-order chi connectivity index (χ1) is 12.6. The number of benzene rings is 1. The summed E-state index contributed by atoms with van der Waals surface area (Å²) in [5.41, 5.74) is 3.26. The summed E-state index contributed by atoms with van der Waals surface area (Å²) in [5, 5.41) is 22.0. The predicted molar refractivity (Wildman–Crippen MR) is 96.8 cm³/mol. The molecule has 0 aliphatic heterocycles. The fraction of sp³-hybridized carbons (Fsp3) is 0.167. The van der Waals surface area contributed by atoms with E-state index in [0.717, 1.165) is 16.6 Å². The predicted octanol–water partition coefficient (Wildman–Crippen LogP) is 2.53. The Labute approximate surface area is 149 Å². The van der Waals surface area contributed by atoms with Crippen molar-refractivity contribution in [2.24, 2.45) is 7.05 Å². The summed E-state index contributed by atoms with van der Waals surface area (Å²) in [7, 11) is 1.88. The Bertz CT molecular complexity index is 1110. The van der Waals surface area contributed by atoms with Crippen molar-refractivity contribution in [3.05, 3.63) is 59.5 Å². The van der Waals surface area contributed by atoms with Crippen molar-refractivity contribution < 1.29 is 0 Å². The normalized spacial score (nSPS) is 10.8. The number of nitrogens with one attached hydrogen (secondary N) is 1. The number of hydrogen-bond donors (Lipinski definition) is 1. The number of aryl methyl sites for hydroxylation is 2. The van der Waals surface area contributed by atoms with E-state index < -0.39 is 0 Å². The quantitative estimate of drug-likeness (QED) is 0.611. The molecule has 0 unspecified atom stereocenters. The first kappa shape index (κ1) is 15.8. The van der Waals surface area contributed by atoms with E-state index in [0.29, 0.717) is 29.5 Å². The van der Waals surface area contributed by atoms with Crippen LogP contribution in [0.4, 0.5) is 11.8 Å². The van der Waals surface area contributed by atoms with Gasteiger partial charge in [0.05, 0.1) is 29.8 Å². The Morgan fingerprint density at radius 3 is 2.85 bits per heavy atom. The lowest BCUT2D eigenvalue weighted by molar-refractivity contribution is 0.703. The molecular formula is C18H16N8. The number of nitrogens with zero attached hydrogens (tertiary/aromatic N) is 7. The summed E-state index contributed by atoms with van der Waals surface area (Å²) < 4.78 is 3.55. The molecule has 4 aromatic rings. The summed E-state index contributed by atoms with van der Waals surface area (Å²) in [5.74, 6) is 1.14. The van der Waals surface area contributed by atoms with E-state index in [1.54, 1.807) is 27.8 Å². The monoisotopic (exact) mass is 344 g/mol. The molecule has 4 rings (SSSR count). The van der Waals surface area contributed by atoms with Crippen molar-refractivity contribution in [2.75, 3.05) is 5.32 Å². The van der Waals surface area contributed by atoms with E-state index in [-0.39, 0.29) is 0 Å². The van der Waals surface area contributed by atoms with Crippen molar-refractivity contribution in [2.45, 2.75) is 13.5 Å². The number of aromatic nitrogens is 6. The van der Waals surface area contributed by atoms with Crippen LogP contribution in [0.25, 0.3) is 11.0 Å². The van der Waals surface area contributed by atoms with Gasteiger partial charge in [0.2, 0.25) is 5.95 Å². The Morgan fingerprint density at radius 1 is 1.23 bits per heavy atom. The molecule has 0 spiro atoms. The molecule has 0 fully saturated rings. The van der Waals surface area contributed by atoms with Gasteiger partial charge in [-0.05, 0) is 18.6 Å². The largest absolute Gasteiger partial charge is 0.307 e. The molecule has 3 aromatic heterocycles. The van der Waals surface area contributed by atoms with Gasteiger partial charge in [0, 0.05) is 25.0 Å². The molecule has 0 saturated heterocycles. The van der Waals surface area contributed by atoms with Gasteiger partial charge < -0.3 is 5.32 Å². The van der Waals surface area contributed by atoms with Crippen molar-refractivity contribution in [3.63, 3.8) is 0 Å². The lowest BCUT2D eigenvalue weighted by Crippen LogP contribution is -2.06. The van der Waals surface area contributed by atoms with E-state index in [9.17, 15) is 5.26 Å². The minimum absolute atomic E-state index is 0.450. The van der Waals surface area contributed by atoms with Crippen LogP contribution < -0.4 is 5.32 Å². The van der Waals surface area contributed by atoms with E-state index in [1.807, 2.05) is 38.2 Å². The van der Waals surface area contributed by atoms with Crippen LogP contribution in [0.1, 0.15) is 16.8 Å². The highest BCUT2D eigenvalue weighted by molar-refractivity contribution is 5.75. The smallest absolute Gasteiger partial charge is 0.230 e. The van der Waals surface area contributed by atoms with E-state index in [4.69, 9.17) is 0 Å². The summed E-state index contributed by atoms with van der Waals surface area (Å²) in [6, 6.07) is 11.6. The highest BCUT2D eigenvalue weighted by Crippen LogP contribution is 2.18. The highest BCUT2D eigenvalue weighted by atomic mass is 15.3. The van der Waals surface area contributed by atoms with Crippen LogP contribution in [0.5, 0.6) is 0 Å². The van der Waals surface area contributed by atoms with Gasteiger partial charge in [0.15, 0.2) is 11.5 Å². The second kappa shape index (κ2) is 6.29. The molecule has 0 saturated carbocycles. The Kier molecular flexibility index (Phi) is 3.82. The molecule has 0 aliphatic carbocycles. The molecule has 0 amide bonds. The second-order valence-electron chi connectivity index (χ2n) is 5.96. The van der Waals surface area contributed by atoms with Gasteiger partial charge in [-0.15, -0.1) is 0 Å². The number of hydrogen-bond acceptors (Lipinski definition) is 6. The first-order valence-electron chi connectivity index (χ1n) is 8.08. The molecular weight excluding hydrogens is 328 g/mol.